The van der Waals surface area contributed by atoms with Gasteiger partial charge in [0, 0.05) is 43.1 Å². The number of hydrogen-bond acceptors (Lipinski definition) is 10. The van der Waals surface area contributed by atoms with Gasteiger partial charge in [0.15, 0.2) is 6.10 Å². The highest BCUT2D eigenvalue weighted by molar-refractivity contribution is 7.09. The smallest absolute Gasteiger partial charge is 0.308 e. The molecular weight excluding hydrogens is 683 g/mol. The minimum absolute atomic E-state index is 0.0499. The summed E-state index contributed by atoms with van der Waals surface area (Å²) in [4.78, 5) is 71.9. The number of allylic oxidation sites excluding steroid dienone is 1. The second-order valence-electron chi connectivity index (χ2n) is 14.9. The van der Waals surface area contributed by atoms with Gasteiger partial charge in [-0.2, -0.15) is 0 Å². The molecule has 52 heavy (non-hydrogen) atoms. The van der Waals surface area contributed by atoms with Crippen molar-refractivity contribution in [1.82, 2.24) is 25.8 Å². The van der Waals surface area contributed by atoms with Crippen molar-refractivity contribution in [2.24, 2.45) is 17.3 Å². The lowest BCUT2D eigenvalue weighted by Crippen LogP contribution is -2.77. The Morgan fingerprint density at radius 2 is 1.67 bits per heavy atom. The first-order valence-corrected chi connectivity index (χ1v) is 18.9. The molecule has 1 aromatic heterocycles. The molecule has 0 spiro atoms. The number of rotatable bonds is 18. The number of methoxy groups -OCH3 is 1. The Morgan fingerprint density at radius 1 is 1.02 bits per heavy atom. The molecule has 0 aliphatic heterocycles. The second-order valence-corrected chi connectivity index (χ2v) is 15.8. The SMILES string of the molecule is CC[C@H](C)[C@H](NC(=O)C12CC(NC)(C1)C2)C(=O)N(C)C(C[C@@H](OC(C)=O)c1nc(C(=O)N[C@@H](Cc2ccccc2)C[C@H](C)C(=O)OC)cs1)=C(C)C. The molecule has 1 heterocycles. The topological polar surface area (TPSA) is 156 Å². The zero-order chi connectivity index (χ0) is 38.4. The summed E-state index contributed by atoms with van der Waals surface area (Å²) in [6, 6.07) is 8.56. The molecule has 3 fully saturated rings. The van der Waals surface area contributed by atoms with Crippen molar-refractivity contribution in [3.05, 3.63) is 63.2 Å². The lowest BCUT2D eigenvalue weighted by Gasteiger charge is -2.69. The van der Waals surface area contributed by atoms with Crippen LogP contribution in [0.2, 0.25) is 0 Å². The summed E-state index contributed by atoms with van der Waals surface area (Å²) in [5.74, 6) is -2.20. The fraction of sp³-hybridized carbons (Fsp3) is 0.590. The van der Waals surface area contributed by atoms with Gasteiger partial charge in [0.25, 0.3) is 5.91 Å². The number of carbonyl (C=O) groups excluding carboxylic acids is 5. The molecule has 0 radical (unpaired) electrons. The minimum Gasteiger partial charge on any atom is -0.469 e. The molecule has 12 nitrogen and oxygen atoms in total. The van der Waals surface area contributed by atoms with Crippen molar-refractivity contribution >= 4 is 41.0 Å². The van der Waals surface area contributed by atoms with Gasteiger partial charge in [-0.1, -0.05) is 63.1 Å². The van der Waals surface area contributed by atoms with Gasteiger partial charge in [-0.15, -0.1) is 11.3 Å². The van der Waals surface area contributed by atoms with Crippen LogP contribution in [0.25, 0.3) is 0 Å². The molecule has 3 N–H and O–H groups in total. The molecule has 2 bridgehead atoms. The maximum atomic E-state index is 14.2. The van der Waals surface area contributed by atoms with Gasteiger partial charge in [-0.3, -0.25) is 24.0 Å². The van der Waals surface area contributed by atoms with E-state index in [4.69, 9.17) is 9.47 Å². The first-order valence-electron chi connectivity index (χ1n) is 18.1. The predicted octanol–water partition coefficient (Wildman–Crippen LogP) is 5.10. The minimum atomic E-state index is -0.876. The van der Waals surface area contributed by atoms with Crippen molar-refractivity contribution in [3.8, 4) is 0 Å². The number of esters is 2. The molecule has 0 unspecified atom stereocenters. The lowest BCUT2D eigenvalue weighted by molar-refractivity contribution is -0.181. The standard InChI is InChI=1S/C39H55N5O7S/c1-10-24(4)32(43-37(49)38-20-39(21-38,22-38)40-7)35(47)44(8)30(23(2)3)18-31(51-26(6)45)34-42-29(19-52-34)33(46)41-28(16-25(5)36(48)50-9)17-27-14-12-11-13-15-27/h11-15,19,24-25,28,31-32,40H,10,16-18,20-22H2,1-9H3,(H,41,46)(H,43,49)/t24-,25-,28+,31+,32-,38?,39?/m0/s1. The van der Waals surface area contributed by atoms with Gasteiger partial charge >= 0.3 is 11.9 Å². The van der Waals surface area contributed by atoms with Crippen molar-refractivity contribution < 1.29 is 33.4 Å². The van der Waals surface area contributed by atoms with Crippen LogP contribution >= 0.6 is 11.3 Å². The summed E-state index contributed by atoms with van der Waals surface area (Å²) >= 11 is 1.18. The van der Waals surface area contributed by atoms with Crippen LogP contribution in [0, 0.1) is 17.3 Å². The molecular formula is C39H55N5O7S. The van der Waals surface area contributed by atoms with E-state index in [0.29, 0.717) is 30.0 Å². The van der Waals surface area contributed by atoms with E-state index in [1.54, 1.807) is 24.3 Å². The van der Waals surface area contributed by atoms with Crippen LogP contribution in [-0.2, 0) is 35.1 Å². The third-order valence-corrected chi connectivity index (χ3v) is 11.7. The van der Waals surface area contributed by atoms with E-state index in [0.717, 1.165) is 30.4 Å². The fourth-order valence-corrected chi connectivity index (χ4v) is 8.29. The predicted molar refractivity (Wildman–Crippen MR) is 199 cm³/mol. The van der Waals surface area contributed by atoms with Crippen molar-refractivity contribution in [2.75, 3.05) is 21.2 Å². The second kappa shape index (κ2) is 17.2. The van der Waals surface area contributed by atoms with Crippen LogP contribution in [0.3, 0.4) is 0 Å². The summed E-state index contributed by atoms with van der Waals surface area (Å²) in [6.07, 6.45) is 3.13. The summed E-state index contributed by atoms with van der Waals surface area (Å²) in [5, 5.41) is 11.5. The third kappa shape index (κ3) is 9.27. The number of amides is 3. The van der Waals surface area contributed by atoms with Crippen LogP contribution in [0.15, 0.2) is 47.0 Å². The van der Waals surface area contributed by atoms with E-state index in [-0.39, 0.29) is 47.4 Å². The molecule has 1 aromatic carbocycles. The van der Waals surface area contributed by atoms with Gasteiger partial charge in [-0.05, 0) is 64.5 Å². The van der Waals surface area contributed by atoms with Gasteiger partial charge < -0.3 is 30.3 Å². The number of thiazole rings is 1. The Bertz CT molecular complexity index is 1630. The van der Waals surface area contributed by atoms with E-state index in [1.807, 2.05) is 65.1 Å². The first-order chi connectivity index (χ1) is 24.6. The number of benzene rings is 1. The van der Waals surface area contributed by atoms with Crippen LogP contribution in [0.1, 0.15) is 107 Å². The average molecular weight is 738 g/mol. The number of ether oxygens (including phenoxy) is 2. The normalized spacial score (nSPS) is 21.5. The Balaban J connectivity index is 1.51. The molecule has 3 aliphatic rings. The monoisotopic (exact) mass is 737 g/mol. The molecule has 3 amide bonds. The van der Waals surface area contributed by atoms with Gasteiger partial charge in [0.1, 0.15) is 16.7 Å². The Labute approximate surface area is 311 Å². The van der Waals surface area contributed by atoms with Gasteiger partial charge in [0.05, 0.1) is 18.4 Å². The lowest BCUT2D eigenvalue weighted by atomic mass is 9.39. The molecule has 3 aliphatic carbocycles. The number of nitrogens with one attached hydrogen (secondary N) is 3. The Hall–Kier alpha value is -4.10. The summed E-state index contributed by atoms with van der Waals surface area (Å²) in [5.41, 5.74) is 2.24. The first kappa shape index (κ1) is 40.7. The van der Waals surface area contributed by atoms with Crippen molar-refractivity contribution in [3.63, 3.8) is 0 Å². The summed E-state index contributed by atoms with van der Waals surface area (Å²) in [7, 11) is 4.94. The van der Waals surface area contributed by atoms with Crippen molar-refractivity contribution in [2.45, 2.75) is 110 Å². The quantitative estimate of drug-likeness (QED) is 0.177. The number of likely N-dealkylation sites (N-methyl/N-ethyl adjacent to an activating group) is 1. The molecule has 2 aromatic rings. The highest BCUT2D eigenvalue weighted by Crippen LogP contribution is 2.67. The highest BCUT2D eigenvalue weighted by Gasteiger charge is 2.71. The fourth-order valence-electron chi connectivity index (χ4n) is 7.46. The highest BCUT2D eigenvalue weighted by atomic mass is 32.1. The number of aromatic nitrogens is 1. The molecule has 0 saturated heterocycles. The molecule has 5 atom stereocenters. The van der Waals surface area contributed by atoms with E-state index < -0.39 is 35.4 Å². The number of hydrogen-bond donors (Lipinski definition) is 3. The number of carbonyl (C=O) groups is 5. The molecule has 284 valence electrons. The summed E-state index contributed by atoms with van der Waals surface area (Å²) in [6.45, 7) is 10.8. The van der Waals surface area contributed by atoms with E-state index in [9.17, 15) is 24.0 Å². The molecule has 3 saturated carbocycles. The van der Waals surface area contributed by atoms with Crippen LogP contribution in [0.5, 0.6) is 0 Å². The zero-order valence-electron chi connectivity index (χ0n) is 32.0. The van der Waals surface area contributed by atoms with Gasteiger partial charge in [0.2, 0.25) is 11.8 Å². The number of nitrogens with zero attached hydrogens (tertiary/aromatic N) is 2. The van der Waals surface area contributed by atoms with Crippen LogP contribution < -0.4 is 16.0 Å². The Kier molecular flexibility index (Phi) is 13.4. The maximum Gasteiger partial charge on any atom is 0.308 e. The average Bonchev–Trinajstić information content (AvgIpc) is 3.57. The van der Waals surface area contributed by atoms with Crippen LogP contribution in [0.4, 0.5) is 0 Å². The maximum absolute atomic E-state index is 14.2. The molecule has 5 rings (SSSR count). The van der Waals surface area contributed by atoms with Crippen LogP contribution in [-0.4, -0.2) is 78.4 Å². The van der Waals surface area contributed by atoms with Crippen molar-refractivity contribution in [1.29, 1.82) is 0 Å². The summed E-state index contributed by atoms with van der Waals surface area (Å²) < 4.78 is 10.7. The van der Waals surface area contributed by atoms with E-state index >= 15 is 0 Å². The Morgan fingerprint density at radius 3 is 2.23 bits per heavy atom. The zero-order valence-corrected chi connectivity index (χ0v) is 32.8. The van der Waals surface area contributed by atoms with E-state index in [1.165, 1.54) is 25.4 Å². The largest absolute Gasteiger partial charge is 0.469 e. The van der Waals surface area contributed by atoms with E-state index in [2.05, 4.69) is 20.9 Å². The van der Waals surface area contributed by atoms with Gasteiger partial charge in [-0.25, -0.2) is 4.98 Å². The molecule has 13 heteroatoms. The third-order valence-electron chi connectivity index (χ3n) is 10.7.